The Kier molecular flexibility index (Phi) is 6.74. The van der Waals surface area contributed by atoms with Gasteiger partial charge in [0, 0.05) is 21.8 Å². The van der Waals surface area contributed by atoms with E-state index in [0.717, 1.165) is 5.56 Å². The first-order valence-corrected chi connectivity index (χ1v) is 13.0. The molecule has 184 valence electrons. The number of hydrogen-bond donors (Lipinski definition) is 1. The van der Waals surface area contributed by atoms with E-state index in [4.69, 9.17) is 11.6 Å². The van der Waals surface area contributed by atoms with E-state index in [1.807, 2.05) is 6.07 Å². The normalized spacial score (nSPS) is 14.4. The van der Waals surface area contributed by atoms with Crippen molar-refractivity contribution in [2.45, 2.75) is 23.3 Å². The number of hydrogen-bond acceptors (Lipinski definition) is 4. The van der Waals surface area contributed by atoms with Crippen molar-refractivity contribution >= 4 is 51.4 Å². The molecule has 0 saturated heterocycles. The summed E-state index contributed by atoms with van der Waals surface area (Å²) < 4.78 is 13.6. The van der Waals surface area contributed by atoms with Crippen LogP contribution in [-0.4, -0.2) is 21.8 Å². The molecule has 6 nitrogen and oxygen atoms in total. The Morgan fingerprint density at radius 2 is 1.65 bits per heavy atom. The van der Waals surface area contributed by atoms with Gasteiger partial charge in [-0.15, -0.1) is 0 Å². The lowest BCUT2D eigenvalue weighted by Crippen LogP contribution is -2.30. The van der Waals surface area contributed by atoms with Crippen LogP contribution >= 0.6 is 11.6 Å². The number of carbonyl (C=O) groups excluding carboxylic acids is 3. The number of Topliss-reactive ketones (excluding diaryl/α,β-unsaturated/α-hetero) is 1. The zero-order valence-electron chi connectivity index (χ0n) is 19.7. The predicted octanol–water partition coefficient (Wildman–Crippen LogP) is 6.12. The van der Waals surface area contributed by atoms with Gasteiger partial charge in [0.25, 0.3) is 11.8 Å². The molecule has 4 aromatic rings. The summed E-state index contributed by atoms with van der Waals surface area (Å²) in [7, 11) is -1.64. The van der Waals surface area contributed by atoms with E-state index in [-0.39, 0.29) is 23.8 Å². The van der Waals surface area contributed by atoms with Crippen LogP contribution in [0.15, 0.2) is 101 Å². The molecule has 0 radical (unpaired) electrons. The minimum absolute atomic E-state index is 0.113. The molecular formula is C29H21ClN2O4S. The number of anilines is 2. The number of amides is 2. The molecule has 0 aliphatic carbocycles. The van der Waals surface area contributed by atoms with Crippen LogP contribution in [0.5, 0.6) is 0 Å². The molecule has 2 amide bonds. The zero-order valence-corrected chi connectivity index (χ0v) is 21.3. The monoisotopic (exact) mass is 528 g/mol. The first-order valence-electron chi connectivity index (χ1n) is 11.5. The summed E-state index contributed by atoms with van der Waals surface area (Å²) >= 11 is 6.18. The van der Waals surface area contributed by atoms with E-state index in [9.17, 15) is 18.6 Å². The average Bonchev–Trinajstić information content (AvgIpc) is 2.98. The predicted molar refractivity (Wildman–Crippen MR) is 144 cm³/mol. The first-order chi connectivity index (χ1) is 17.8. The van der Waals surface area contributed by atoms with E-state index < -0.39 is 16.7 Å². The van der Waals surface area contributed by atoms with Gasteiger partial charge in [-0.05, 0) is 67.1 Å². The molecule has 1 heterocycles. The van der Waals surface area contributed by atoms with Crippen LogP contribution in [0.2, 0.25) is 5.02 Å². The lowest BCUT2D eigenvalue weighted by atomic mass is 10.1. The SMILES string of the molecule is CC(=O)c1cccc(NC(=O)c2ccc3c(c2)N(Cc2cccc(Cl)c2)C(=O)c2ccccc2[S@]3=O)c1. The number of fused-ring (bicyclic) bond motifs is 2. The third-order valence-electron chi connectivity index (χ3n) is 6.03. The Hall–Kier alpha value is -4.07. The Morgan fingerprint density at radius 1 is 0.865 bits per heavy atom. The average molecular weight is 529 g/mol. The molecule has 0 saturated carbocycles. The standard InChI is InChI=1S/C29H21ClN2O4S/c1-18(33)20-7-5-9-23(15-20)31-28(34)21-12-13-27-25(16-21)32(17-19-6-4-8-22(30)14-19)29(35)24-10-2-3-11-26(24)37(27)36/h2-16H,17H2,1H3,(H,31,34)/t37-/m1/s1. The third kappa shape index (κ3) is 4.96. The summed E-state index contributed by atoms with van der Waals surface area (Å²) in [4.78, 5) is 41.0. The number of nitrogens with one attached hydrogen (secondary N) is 1. The molecule has 0 unspecified atom stereocenters. The van der Waals surface area contributed by atoms with Crippen molar-refractivity contribution in [2.75, 3.05) is 10.2 Å². The van der Waals surface area contributed by atoms with E-state index in [2.05, 4.69) is 5.32 Å². The van der Waals surface area contributed by atoms with E-state index >= 15 is 0 Å². The van der Waals surface area contributed by atoms with Gasteiger partial charge in [0.05, 0.1) is 38.4 Å². The maximum Gasteiger partial charge on any atom is 0.259 e. The highest BCUT2D eigenvalue weighted by Gasteiger charge is 2.31. The largest absolute Gasteiger partial charge is 0.322 e. The van der Waals surface area contributed by atoms with Crippen LogP contribution in [0.3, 0.4) is 0 Å². The lowest BCUT2D eigenvalue weighted by Gasteiger charge is -2.24. The number of carbonyl (C=O) groups is 3. The van der Waals surface area contributed by atoms with E-state index in [0.29, 0.717) is 37.3 Å². The quantitative estimate of drug-likeness (QED) is 0.316. The van der Waals surface area contributed by atoms with Crippen molar-refractivity contribution < 1.29 is 18.6 Å². The second kappa shape index (κ2) is 10.1. The number of rotatable bonds is 5. The van der Waals surface area contributed by atoms with Crippen molar-refractivity contribution in [3.8, 4) is 0 Å². The van der Waals surface area contributed by atoms with Crippen LogP contribution in [0.25, 0.3) is 0 Å². The number of benzene rings is 4. The Morgan fingerprint density at radius 3 is 2.43 bits per heavy atom. The van der Waals surface area contributed by atoms with Crippen molar-refractivity contribution in [1.29, 1.82) is 0 Å². The summed E-state index contributed by atoms with van der Waals surface area (Å²) in [6.07, 6.45) is 0. The maximum atomic E-state index is 13.7. The lowest BCUT2D eigenvalue weighted by molar-refractivity contribution is 0.0978. The fourth-order valence-electron chi connectivity index (χ4n) is 4.20. The van der Waals surface area contributed by atoms with Gasteiger partial charge >= 0.3 is 0 Å². The van der Waals surface area contributed by atoms with Crippen molar-refractivity contribution in [3.63, 3.8) is 0 Å². The van der Waals surface area contributed by atoms with Gasteiger partial charge in [-0.1, -0.05) is 48.0 Å². The summed E-state index contributed by atoms with van der Waals surface area (Å²) in [6, 6.07) is 25.4. The van der Waals surface area contributed by atoms with Crippen molar-refractivity contribution in [1.82, 2.24) is 0 Å². The highest BCUT2D eigenvalue weighted by Crippen LogP contribution is 2.36. The molecule has 0 bridgehead atoms. The first kappa shape index (κ1) is 24.6. The van der Waals surface area contributed by atoms with Crippen LogP contribution in [0.1, 0.15) is 43.6 Å². The van der Waals surface area contributed by atoms with Gasteiger partial charge in [-0.2, -0.15) is 0 Å². The van der Waals surface area contributed by atoms with Gasteiger partial charge in [0.1, 0.15) is 0 Å². The molecule has 0 aromatic heterocycles. The minimum Gasteiger partial charge on any atom is -0.322 e. The van der Waals surface area contributed by atoms with E-state index in [1.54, 1.807) is 84.9 Å². The van der Waals surface area contributed by atoms with Crippen LogP contribution in [0, 0.1) is 0 Å². The van der Waals surface area contributed by atoms with Gasteiger partial charge in [0.2, 0.25) is 0 Å². The van der Waals surface area contributed by atoms with Crippen LogP contribution in [0.4, 0.5) is 11.4 Å². The Labute approximate surface area is 221 Å². The second-order valence-corrected chi connectivity index (χ2v) is 10.4. The van der Waals surface area contributed by atoms with Gasteiger partial charge in [-0.3, -0.25) is 14.4 Å². The number of ketones is 1. The highest BCUT2D eigenvalue weighted by molar-refractivity contribution is 7.85. The molecule has 37 heavy (non-hydrogen) atoms. The Bertz CT molecular complexity index is 1600. The van der Waals surface area contributed by atoms with Gasteiger partial charge in [0.15, 0.2) is 5.78 Å². The molecule has 0 spiro atoms. The van der Waals surface area contributed by atoms with Crippen LogP contribution < -0.4 is 10.2 Å². The molecule has 0 fully saturated rings. The van der Waals surface area contributed by atoms with Gasteiger partial charge in [-0.25, -0.2) is 4.21 Å². The smallest absolute Gasteiger partial charge is 0.259 e. The molecule has 1 aliphatic heterocycles. The topological polar surface area (TPSA) is 83.6 Å². The summed E-state index contributed by atoms with van der Waals surface area (Å²) in [5, 5.41) is 3.33. The minimum atomic E-state index is -1.64. The molecular weight excluding hydrogens is 508 g/mol. The summed E-state index contributed by atoms with van der Waals surface area (Å²) in [5.41, 5.74) is 2.73. The van der Waals surface area contributed by atoms with Gasteiger partial charge < -0.3 is 10.2 Å². The number of nitrogens with zero attached hydrogens (tertiary/aromatic N) is 1. The van der Waals surface area contributed by atoms with Crippen molar-refractivity contribution in [2.24, 2.45) is 0 Å². The molecule has 5 rings (SSSR count). The van der Waals surface area contributed by atoms with Crippen LogP contribution in [-0.2, 0) is 17.3 Å². The maximum absolute atomic E-state index is 13.7. The molecule has 4 aromatic carbocycles. The Balaban J connectivity index is 1.57. The summed E-state index contributed by atoms with van der Waals surface area (Å²) in [5.74, 6) is -0.862. The second-order valence-electron chi connectivity index (χ2n) is 8.56. The van der Waals surface area contributed by atoms with E-state index in [1.165, 1.54) is 11.8 Å². The summed E-state index contributed by atoms with van der Waals surface area (Å²) in [6.45, 7) is 1.63. The zero-order chi connectivity index (χ0) is 26.1. The molecule has 1 N–H and O–H groups in total. The van der Waals surface area contributed by atoms with Crippen molar-refractivity contribution in [3.05, 3.63) is 118 Å². The molecule has 1 aliphatic rings. The molecule has 1 atom stereocenters. The highest BCUT2D eigenvalue weighted by atomic mass is 35.5. The fourth-order valence-corrected chi connectivity index (χ4v) is 5.76. The fraction of sp³-hybridized carbons (Fsp3) is 0.0690. The number of halogens is 1. The third-order valence-corrected chi connectivity index (χ3v) is 7.77. The molecule has 8 heteroatoms.